The number of carbonyl (C=O) groups is 1. The van der Waals surface area contributed by atoms with Gasteiger partial charge in [-0.05, 0) is 0 Å². The third kappa shape index (κ3) is 21.2. The summed E-state index contributed by atoms with van der Waals surface area (Å²) in [4.78, 5) is 10.2. The van der Waals surface area contributed by atoms with Crippen LogP contribution in [0.25, 0.3) is 0 Å². The topological polar surface area (TPSA) is 92.7 Å². The Kier molecular flexibility index (Phi) is 19.5. The molecule has 0 spiro atoms. The van der Waals surface area contributed by atoms with Crippen LogP contribution in [0.15, 0.2) is 0 Å². The first-order valence-electron chi connectivity index (χ1n) is 8.01. The molecule has 24 heavy (non-hydrogen) atoms. The standard InChI is InChI=1S/C15H29FO8/c16-2-4-20-6-8-22-10-12-24-14-13-23-11-9-21-7-5-19-3-1-15(17)18/h1-14H2,(H,17,18). The van der Waals surface area contributed by atoms with Gasteiger partial charge in [0.1, 0.15) is 6.67 Å². The zero-order valence-corrected chi connectivity index (χ0v) is 14.1. The average Bonchev–Trinajstić information content (AvgIpc) is 2.56. The largest absolute Gasteiger partial charge is 0.481 e. The van der Waals surface area contributed by atoms with Gasteiger partial charge in [0.05, 0.1) is 85.7 Å². The van der Waals surface area contributed by atoms with E-state index in [2.05, 4.69) is 0 Å². The summed E-state index contributed by atoms with van der Waals surface area (Å²) in [6.45, 7) is 4.20. The molecule has 0 fully saturated rings. The Labute approximate surface area is 142 Å². The highest BCUT2D eigenvalue weighted by molar-refractivity contribution is 5.66. The minimum atomic E-state index is -0.874. The van der Waals surface area contributed by atoms with Crippen molar-refractivity contribution < 1.29 is 42.7 Å². The molecule has 0 aliphatic rings. The summed E-state index contributed by atoms with van der Waals surface area (Å²) in [6, 6.07) is 0. The van der Waals surface area contributed by atoms with E-state index in [9.17, 15) is 9.18 Å². The zero-order valence-electron chi connectivity index (χ0n) is 14.1. The SMILES string of the molecule is O=C(O)CCOCCOCCOCCOCCOCCOCCF. The number of ether oxygens (including phenoxy) is 6. The van der Waals surface area contributed by atoms with Crippen LogP contribution in [-0.4, -0.2) is 97.0 Å². The first-order valence-corrected chi connectivity index (χ1v) is 8.01. The number of alkyl halides is 1. The molecule has 0 aliphatic carbocycles. The lowest BCUT2D eigenvalue weighted by Gasteiger charge is -2.08. The van der Waals surface area contributed by atoms with Gasteiger partial charge in [0.25, 0.3) is 0 Å². The molecule has 0 aliphatic heterocycles. The van der Waals surface area contributed by atoms with Crippen molar-refractivity contribution in [2.75, 3.05) is 86.0 Å². The van der Waals surface area contributed by atoms with Crippen LogP contribution >= 0.6 is 0 Å². The van der Waals surface area contributed by atoms with Crippen LogP contribution in [0.2, 0.25) is 0 Å². The summed E-state index contributed by atoms with van der Waals surface area (Å²) in [6.07, 6.45) is 0.00106. The fourth-order valence-corrected chi connectivity index (χ4v) is 1.42. The van der Waals surface area contributed by atoms with Crippen molar-refractivity contribution in [3.8, 4) is 0 Å². The highest BCUT2D eigenvalue weighted by Gasteiger charge is 1.96. The summed E-state index contributed by atoms with van der Waals surface area (Å²) in [5.74, 6) is -0.874. The molecule has 0 saturated carbocycles. The van der Waals surface area contributed by atoms with E-state index in [1.165, 1.54) is 0 Å². The van der Waals surface area contributed by atoms with E-state index in [0.717, 1.165) is 0 Å². The molecule has 0 saturated heterocycles. The van der Waals surface area contributed by atoms with Crippen molar-refractivity contribution in [2.24, 2.45) is 0 Å². The summed E-state index contributed by atoms with van der Waals surface area (Å²) in [5, 5.41) is 8.40. The second-order valence-electron chi connectivity index (χ2n) is 4.51. The lowest BCUT2D eigenvalue weighted by atomic mass is 10.5. The fourth-order valence-electron chi connectivity index (χ4n) is 1.42. The molecule has 1 N–H and O–H groups in total. The number of aliphatic carboxylic acids is 1. The van der Waals surface area contributed by atoms with E-state index >= 15 is 0 Å². The van der Waals surface area contributed by atoms with Gasteiger partial charge in [-0.15, -0.1) is 0 Å². The third-order valence-corrected chi connectivity index (χ3v) is 2.54. The van der Waals surface area contributed by atoms with Gasteiger partial charge >= 0.3 is 5.97 Å². The number of carboxylic acid groups (broad SMARTS) is 1. The molecular formula is C15H29FO8. The molecule has 0 aromatic carbocycles. The van der Waals surface area contributed by atoms with E-state index < -0.39 is 12.6 Å². The zero-order chi connectivity index (χ0) is 17.7. The average molecular weight is 356 g/mol. The smallest absolute Gasteiger partial charge is 0.305 e. The molecule has 0 atom stereocenters. The van der Waals surface area contributed by atoms with Gasteiger partial charge in [-0.25, -0.2) is 4.39 Å². The molecule has 0 rings (SSSR count). The van der Waals surface area contributed by atoms with E-state index in [4.69, 9.17) is 33.5 Å². The number of hydrogen-bond acceptors (Lipinski definition) is 7. The van der Waals surface area contributed by atoms with Crippen LogP contribution in [0.1, 0.15) is 6.42 Å². The number of rotatable bonds is 20. The van der Waals surface area contributed by atoms with E-state index in [1.54, 1.807) is 0 Å². The van der Waals surface area contributed by atoms with Gasteiger partial charge in [0, 0.05) is 0 Å². The summed E-state index contributed by atoms with van der Waals surface area (Å²) in [7, 11) is 0. The lowest BCUT2D eigenvalue weighted by Crippen LogP contribution is -2.14. The van der Waals surface area contributed by atoms with Crippen molar-refractivity contribution in [1.29, 1.82) is 0 Å². The van der Waals surface area contributed by atoms with Crippen LogP contribution in [0, 0.1) is 0 Å². The molecule has 0 radical (unpaired) electrons. The van der Waals surface area contributed by atoms with Gasteiger partial charge in [-0.2, -0.15) is 0 Å². The first-order chi connectivity index (χ1) is 11.8. The van der Waals surface area contributed by atoms with E-state index in [-0.39, 0.29) is 19.6 Å². The maximum atomic E-state index is 11.7. The Balaban J connectivity index is 2.97. The van der Waals surface area contributed by atoms with E-state index in [1.807, 2.05) is 0 Å². The van der Waals surface area contributed by atoms with Gasteiger partial charge < -0.3 is 33.5 Å². The predicted molar refractivity (Wildman–Crippen MR) is 83.1 cm³/mol. The molecule has 0 unspecified atom stereocenters. The van der Waals surface area contributed by atoms with Crippen molar-refractivity contribution >= 4 is 5.97 Å². The molecular weight excluding hydrogens is 327 g/mol. The van der Waals surface area contributed by atoms with Crippen LogP contribution in [0.5, 0.6) is 0 Å². The lowest BCUT2D eigenvalue weighted by molar-refractivity contribution is -0.138. The summed E-state index contributed by atoms with van der Waals surface area (Å²) in [5.41, 5.74) is 0. The summed E-state index contributed by atoms with van der Waals surface area (Å²) < 4.78 is 42.7. The maximum absolute atomic E-state index is 11.7. The number of halogens is 1. The van der Waals surface area contributed by atoms with Gasteiger partial charge in [-0.3, -0.25) is 4.79 Å². The molecule has 8 nitrogen and oxygen atoms in total. The third-order valence-electron chi connectivity index (χ3n) is 2.54. The molecule has 0 aromatic heterocycles. The molecule has 9 heteroatoms. The Morgan fingerprint density at radius 3 is 1.17 bits per heavy atom. The minimum absolute atomic E-state index is 0.00106. The predicted octanol–water partition coefficient (Wildman–Crippen LogP) is 0.530. The Hall–Kier alpha value is -0.840. The van der Waals surface area contributed by atoms with Gasteiger partial charge in [0.2, 0.25) is 0 Å². The summed E-state index contributed by atoms with van der Waals surface area (Å²) >= 11 is 0. The van der Waals surface area contributed by atoms with Crippen LogP contribution in [0.3, 0.4) is 0 Å². The minimum Gasteiger partial charge on any atom is -0.481 e. The molecule has 0 aromatic rings. The van der Waals surface area contributed by atoms with Crippen molar-refractivity contribution in [3.05, 3.63) is 0 Å². The molecule has 144 valence electrons. The first kappa shape index (κ1) is 23.2. The van der Waals surface area contributed by atoms with Crippen molar-refractivity contribution in [3.63, 3.8) is 0 Å². The highest BCUT2D eigenvalue weighted by Crippen LogP contribution is 1.86. The van der Waals surface area contributed by atoms with E-state index in [0.29, 0.717) is 66.1 Å². The molecule has 0 heterocycles. The van der Waals surface area contributed by atoms with Gasteiger partial charge in [-0.1, -0.05) is 0 Å². The van der Waals surface area contributed by atoms with Crippen molar-refractivity contribution in [1.82, 2.24) is 0 Å². The second kappa shape index (κ2) is 20.2. The fraction of sp³-hybridized carbons (Fsp3) is 0.933. The monoisotopic (exact) mass is 356 g/mol. The quantitative estimate of drug-likeness (QED) is 0.316. The van der Waals surface area contributed by atoms with Crippen LogP contribution in [-0.2, 0) is 33.2 Å². The molecule has 0 amide bonds. The Morgan fingerprint density at radius 2 is 0.875 bits per heavy atom. The van der Waals surface area contributed by atoms with Crippen LogP contribution in [0.4, 0.5) is 4.39 Å². The van der Waals surface area contributed by atoms with Gasteiger partial charge in [0.15, 0.2) is 0 Å². The second-order valence-corrected chi connectivity index (χ2v) is 4.51. The molecule has 0 bridgehead atoms. The Morgan fingerprint density at radius 1 is 0.583 bits per heavy atom. The maximum Gasteiger partial charge on any atom is 0.305 e. The number of hydrogen-bond donors (Lipinski definition) is 1. The normalized spacial score (nSPS) is 11.0. The highest BCUT2D eigenvalue weighted by atomic mass is 19.1. The Bertz CT molecular complexity index is 268. The van der Waals surface area contributed by atoms with Crippen LogP contribution < -0.4 is 0 Å². The van der Waals surface area contributed by atoms with Crippen molar-refractivity contribution in [2.45, 2.75) is 6.42 Å². The number of carboxylic acids is 1.